The molecule has 0 bridgehead atoms. The van der Waals surface area contributed by atoms with E-state index in [1.54, 1.807) is 0 Å². The Bertz CT molecular complexity index is 166. The molecule has 0 saturated heterocycles. The molecule has 0 fully saturated rings. The molecular weight excluding hydrogens is 198 g/mol. The second kappa shape index (κ2) is 11.1. The van der Waals surface area contributed by atoms with Crippen molar-refractivity contribution < 1.29 is 19.8 Å². The van der Waals surface area contributed by atoms with Gasteiger partial charge >= 0.3 is 5.97 Å². The summed E-state index contributed by atoms with van der Waals surface area (Å²) in [5.41, 5.74) is 0. The Kier molecular flexibility index (Phi) is 12.2. The smallest absolute Gasteiger partial charge is 0.303 e. The van der Waals surface area contributed by atoms with Gasteiger partial charge in [0.2, 0.25) is 0 Å². The minimum Gasteiger partial charge on any atom is -0.481 e. The summed E-state index contributed by atoms with van der Waals surface area (Å²) >= 11 is 0. The predicted octanol–water partition coefficient (Wildman–Crippen LogP) is 0.371. The molecule has 5 heteroatoms. The molecule has 2 N–H and O–H groups in total. The Balaban J connectivity index is 0. The number of carbonyl (C=O) groups is 2. The summed E-state index contributed by atoms with van der Waals surface area (Å²) in [5, 5.41) is 16.3. The summed E-state index contributed by atoms with van der Waals surface area (Å²) < 4.78 is 0. The van der Waals surface area contributed by atoms with Crippen LogP contribution in [-0.2, 0) is 9.59 Å². The first-order chi connectivity index (χ1) is 6.90. The van der Waals surface area contributed by atoms with Gasteiger partial charge in [-0.25, -0.2) is 0 Å². The number of hydrogen-bond acceptors (Lipinski definition) is 4. The van der Waals surface area contributed by atoms with Crippen LogP contribution in [0.25, 0.3) is 0 Å². The van der Waals surface area contributed by atoms with E-state index in [9.17, 15) is 9.59 Å². The molecule has 15 heavy (non-hydrogen) atoms. The van der Waals surface area contributed by atoms with Crippen molar-refractivity contribution in [3.8, 4) is 0 Å². The highest BCUT2D eigenvalue weighted by Crippen LogP contribution is 1.87. The average molecular weight is 219 g/mol. The molecule has 0 amide bonds. The van der Waals surface area contributed by atoms with Crippen molar-refractivity contribution in [2.45, 2.75) is 26.2 Å². The molecule has 5 nitrogen and oxygen atoms in total. The molecule has 0 atom stereocenters. The van der Waals surface area contributed by atoms with Gasteiger partial charge in [-0.1, -0.05) is 0 Å². The van der Waals surface area contributed by atoms with Crippen molar-refractivity contribution in [3.63, 3.8) is 0 Å². The van der Waals surface area contributed by atoms with E-state index in [0.29, 0.717) is 6.61 Å². The van der Waals surface area contributed by atoms with Gasteiger partial charge in [0.15, 0.2) is 0 Å². The quantitative estimate of drug-likeness (QED) is 0.675. The van der Waals surface area contributed by atoms with E-state index in [1.165, 1.54) is 6.92 Å². The Morgan fingerprint density at radius 2 is 1.73 bits per heavy atom. The second-order valence-corrected chi connectivity index (χ2v) is 3.48. The van der Waals surface area contributed by atoms with Crippen LogP contribution in [-0.4, -0.2) is 54.1 Å². The van der Waals surface area contributed by atoms with Gasteiger partial charge in [-0.15, -0.1) is 0 Å². The molecular formula is C10H21NO4. The maximum absolute atomic E-state index is 10.1. The first-order valence-electron chi connectivity index (χ1n) is 4.87. The highest BCUT2D eigenvalue weighted by Gasteiger charge is 1.97. The van der Waals surface area contributed by atoms with Gasteiger partial charge < -0.3 is 19.9 Å². The Morgan fingerprint density at radius 1 is 1.20 bits per heavy atom. The summed E-state index contributed by atoms with van der Waals surface area (Å²) in [7, 11) is 3.99. The summed E-state index contributed by atoms with van der Waals surface area (Å²) in [4.78, 5) is 21.9. The van der Waals surface area contributed by atoms with Gasteiger partial charge in [-0.05, 0) is 34.0 Å². The van der Waals surface area contributed by atoms with Gasteiger partial charge in [-0.3, -0.25) is 4.79 Å². The van der Waals surface area contributed by atoms with Crippen LogP contribution < -0.4 is 0 Å². The SMILES string of the molecule is CC(=O)CCC(=O)O.CN(C)CCCO. The third-order valence-electron chi connectivity index (χ3n) is 1.45. The largest absolute Gasteiger partial charge is 0.481 e. The van der Waals surface area contributed by atoms with E-state index >= 15 is 0 Å². The zero-order valence-electron chi connectivity index (χ0n) is 9.69. The van der Waals surface area contributed by atoms with E-state index in [-0.39, 0.29) is 18.6 Å². The molecule has 0 aromatic heterocycles. The number of carbonyl (C=O) groups excluding carboxylic acids is 1. The predicted molar refractivity (Wildman–Crippen MR) is 57.8 cm³/mol. The van der Waals surface area contributed by atoms with E-state index < -0.39 is 5.97 Å². The molecule has 0 unspecified atom stereocenters. The summed E-state index contributed by atoms with van der Waals surface area (Å²) in [6.45, 7) is 2.66. The summed E-state index contributed by atoms with van der Waals surface area (Å²) in [6, 6.07) is 0. The lowest BCUT2D eigenvalue weighted by molar-refractivity contribution is -0.138. The molecule has 90 valence electrons. The van der Waals surface area contributed by atoms with Gasteiger partial charge in [0.05, 0.1) is 6.42 Å². The summed E-state index contributed by atoms with van der Waals surface area (Å²) in [5.74, 6) is -0.993. The number of aliphatic hydroxyl groups excluding tert-OH is 1. The maximum Gasteiger partial charge on any atom is 0.303 e. The number of aliphatic hydroxyl groups is 1. The third kappa shape index (κ3) is 24.6. The van der Waals surface area contributed by atoms with Gasteiger partial charge in [0, 0.05) is 13.0 Å². The highest BCUT2D eigenvalue weighted by molar-refractivity contribution is 5.80. The van der Waals surface area contributed by atoms with Crippen LogP contribution in [0.15, 0.2) is 0 Å². The standard InChI is InChI=1S/C5H13NO.C5H8O3/c1-6(2)4-3-5-7;1-4(6)2-3-5(7)8/h7H,3-5H2,1-2H3;2-3H2,1H3,(H,7,8). The van der Waals surface area contributed by atoms with Crippen LogP contribution in [0.3, 0.4) is 0 Å². The van der Waals surface area contributed by atoms with Crippen LogP contribution in [0.2, 0.25) is 0 Å². The van der Waals surface area contributed by atoms with Crippen molar-refractivity contribution in [1.82, 2.24) is 4.90 Å². The van der Waals surface area contributed by atoms with Crippen molar-refractivity contribution in [3.05, 3.63) is 0 Å². The molecule has 0 rings (SSSR count). The Hall–Kier alpha value is -0.940. The molecule has 0 radical (unpaired) electrons. The number of ketones is 1. The molecule has 0 aromatic rings. The minimum atomic E-state index is -0.916. The van der Waals surface area contributed by atoms with Crippen LogP contribution >= 0.6 is 0 Å². The van der Waals surface area contributed by atoms with Crippen LogP contribution in [0, 0.1) is 0 Å². The van der Waals surface area contributed by atoms with Crippen molar-refractivity contribution in [2.75, 3.05) is 27.2 Å². The van der Waals surface area contributed by atoms with Gasteiger partial charge in [0.25, 0.3) is 0 Å². The maximum atomic E-state index is 10.1. The van der Waals surface area contributed by atoms with Gasteiger partial charge in [0.1, 0.15) is 5.78 Å². The van der Waals surface area contributed by atoms with Crippen molar-refractivity contribution in [1.29, 1.82) is 0 Å². The van der Waals surface area contributed by atoms with E-state index in [2.05, 4.69) is 4.90 Å². The van der Waals surface area contributed by atoms with Crippen LogP contribution in [0.5, 0.6) is 0 Å². The lowest BCUT2D eigenvalue weighted by Crippen LogP contribution is -2.13. The average Bonchev–Trinajstić information content (AvgIpc) is 2.12. The van der Waals surface area contributed by atoms with Gasteiger partial charge in [-0.2, -0.15) is 0 Å². The number of nitrogens with zero attached hydrogens (tertiary/aromatic N) is 1. The second-order valence-electron chi connectivity index (χ2n) is 3.48. The number of carboxylic acids is 1. The topological polar surface area (TPSA) is 77.8 Å². The highest BCUT2D eigenvalue weighted by atomic mass is 16.4. The number of carboxylic acid groups (broad SMARTS) is 1. The normalized spacial score (nSPS) is 9.40. The monoisotopic (exact) mass is 219 g/mol. The van der Waals surface area contributed by atoms with E-state index in [0.717, 1.165) is 13.0 Å². The van der Waals surface area contributed by atoms with Crippen molar-refractivity contribution >= 4 is 11.8 Å². The van der Waals surface area contributed by atoms with Crippen LogP contribution in [0.4, 0.5) is 0 Å². The Morgan fingerprint density at radius 3 is 1.87 bits per heavy atom. The lowest BCUT2D eigenvalue weighted by Gasteiger charge is -2.05. The molecule has 0 aromatic carbocycles. The number of Topliss-reactive ketones (excluding diaryl/α,β-unsaturated/α-hetero) is 1. The molecule has 0 spiro atoms. The lowest BCUT2D eigenvalue weighted by atomic mass is 10.2. The van der Waals surface area contributed by atoms with Crippen LogP contribution in [0.1, 0.15) is 26.2 Å². The fraction of sp³-hybridized carbons (Fsp3) is 0.800. The third-order valence-corrected chi connectivity index (χ3v) is 1.45. The first-order valence-corrected chi connectivity index (χ1v) is 4.87. The Labute approximate surface area is 90.7 Å². The fourth-order valence-corrected chi connectivity index (χ4v) is 0.670. The van der Waals surface area contributed by atoms with E-state index in [4.69, 9.17) is 10.2 Å². The molecule has 0 aliphatic heterocycles. The zero-order chi connectivity index (χ0) is 12.3. The molecule has 0 saturated carbocycles. The molecule has 0 aliphatic rings. The number of hydrogen-bond donors (Lipinski definition) is 2. The molecule has 0 aliphatic carbocycles. The first kappa shape index (κ1) is 16.5. The fourth-order valence-electron chi connectivity index (χ4n) is 0.670. The zero-order valence-corrected chi connectivity index (χ0v) is 9.69. The number of rotatable bonds is 6. The number of aliphatic carboxylic acids is 1. The van der Waals surface area contributed by atoms with E-state index in [1.807, 2.05) is 14.1 Å². The summed E-state index contributed by atoms with van der Waals surface area (Å²) in [6.07, 6.45) is 0.984. The van der Waals surface area contributed by atoms with Crippen molar-refractivity contribution in [2.24, 2.45) is 0 Å². The minimum absolute atomic E-state index is 0.0463. The molecule has 0 heterocycles.